The van der Waals surface area contributed by atoms with E-state index in [2.05, 4.69) is 50.4 Å². The van der Waals surface area contributed by atoms with Crippen molar-refractivity contribution < 1.29 is 4.79 Å². The minimum absolute atomic E-state index is 0. The lowest BCUT2D eigenvalue weighted by molar-refractivity contribution is -0.123. The molecule has 0 aromatic rings. The smallest absolute Gasteiger partial charge is 0.221 e. The number of carbonyl (C=O) groups excluding carboxylic acids is 1. The average Bonchev–Trinajstić information content (AvgIpc) is 2.74. The Morgan fingerprint density at radius 2 is 1.95 bits per heavy atom. The first kappa shape index (κ1) is 23.2. The van der Waals surface area contributed by atoms with E-state index in [1.54, 1.807) is 0 Å². The quantitative estimate of drug-likeness (QED) is 0.779. The number of nitrogens with one attached hydrogen (secondary N) is 2. The topological polar surface area (TPSA) is 44.4 Å². The molecule has 2 N–H and O–H groups in total. The summed E-state index contributed by atoms with van der Waals surface area (Å²) < 4.78 is 0. The molecular formula is C15H33Cl2N3O. The molecule has 6 heteroatoms. The van der Waals surface area contributed by atoms with E-state index in [1.807, 2.05) is 0 Å². The number of nitrogens with zero attached hydrogens (tertiary/aromatic N) is 1. The van der Waals surface area contributed by atoms with Crippen LogP contribution < -0.4 is 10.6 Å². The Morgan fingerprint density at radius 1 is 1.33 bits per heavy atom. The van der Waals surface area contributed by atoms with Gasteiger partial charge in [-0.05, 0) is 51.9 Å². The molecule has 0 aliphatic carbocycles. The SMILES string of the molecule is CN(C)CCC(NC(=O)CC1CCCN1)C(C)(C)C.Cl.Cl. The van der Waals surface area contributed by atoms with Gasteiger partial charge < -0.3 is 15.5 Å². The Balaban J connectivity index is 0. The molecule has 0 saturated carbocycles. The summed E-state index contributed by atoms with van der Waals surface area (Å²) in [5.41, 5.74) is 0.106. The van der Waals surface area contributed by atoms with Crippen LogP contribution in [0.25, 0.3) is 0 Å². The van der Waals surface area contributed by atoms with E-state index in [0.29, 0.717) is 12.5 Å². The van der Waals surface area contributed by atoms with Crippen LogP contribution in [0.5, 0.6) is 0 Å². The maximum Gasteiger partial charge on any atom is 0.221 e. The Labute approximate surface area is 142 Å². The zero-order chi connectivity index (χ0) is 14.5. The molecule has 128 valence electrons. The van der Waals surface area contributed by atoms with E-state index < -0.39 is 0 Å². The van der Waals surface area contributed by atoms with E-state index >= 15 is 0 Å². The molecule has 1 amide bonds. The summed E-state index contributed by atoms with van der Waals surface area (Å²) in [5, 5.41) is 6.61. The molecule has 1 aliphatic rings. The number of hydrogen-bond acceptors (Lipinski definition) is 3. The lowest BCUT2D eigenvalue weighted by atomic mass is 9.84. The molecule has 2 atom stereocenters. The highest BCUT2D eigenvalue weighted by molar-refractivity contribution is 5.85. The van der Waals surface area contributed by atoms with Crippen molar-refractivity contribution in [3.8, 4) is 0 Å². The van der Waals surface area contributed by atoms with Crippen molar-refractivity contribution in [2.45, 2.75) is 58.5 Å². The van der Waals surface area contributed by atoms with Gasteiger partial charge in [0.25, 0.3) is 0 Å². The van der Waals surface area contributed by atoms with Gasteiger partial charge in [0.1, 0.15) is 0 Å². The summed E-state index contributed by atoms with van der Waals surface area (Å²) in [6, 6.07) is 0.623. The van der Waals surface area contributed by atoms with Gasteiger partial charge in [0, 0.05) is 18.5 Å². The van der Waals surface area contributed by atoms with Gasteiger partial charge in [-0.15, -0.1) is 24.8 Å². The third-order valence-corrected chi connectivity index (χ3v) is 3.84. The molecule has 1 heterocycles. The van der Waals surface area contributed by atoms with Crippen molar-refractivity contribution >= 4 is 30.7 Å². The van der Waals surface area contributed by atoms with Gasteiger partial charge in [-0.3, -0.25) is 4.79 Å². The lowest BCUT2D eigenvalue weighted by Crippen LogP contribution is -2.46. The normalized spacial score (nSPS) is 19.6. The van der Waals surface area contributed by atoms with Gasteiger partial charge in [-0.2, -0.15) is 0 Å². The number of rotatable bonds is 6. The monoisotopic (exact) mass is 341 g/mol. The van der Waals surface area contributed by atoms with Gasteiger partial charge in [0.05, 0.1) is 0 Å². The summed E-state index contributed by atoms with van der Waals surface area (Å²) in [5.74, 6) is 0.193. The lowest BCUT2D eigenvalue weighted by Gasteiger charge is -2.32. The molecule has 1 aliphatic heterocycles. The minimum Gasteiger partial charge on any atom is -0.353 e. The van der Waals surface area contributed by atoms with Crippen molar-refractivity contribution in [3.05, 3.63) is 0 Å². The van der Waals surface area contributed by atoms with Gasteiger partial charge in [-0.1, -0.05) is 20.8 Å². The zero-order valence-electron chi connectivity index (χ0n) is 14.1. The van der Waals surface area contributed by atoms with E-state index in [9.17, 15) is 4.79 Å². The number of hydrogen-bond donors (Lipinski definition) is 2. The number of halogens is 2. The van der Waals surface area contributed by atoms with E-state index in [0.717, 1.165) is 25.9 Å². The molecule has 21 heavy (non-hydrogen) atoms. The fourth-order valence-corrected chi connectivity index (χ4v) is 2.52. The first-order valence-electron chi connectivity index (χ1n) is 7.46. The largest absolute Gasteiger partial charge is 0.353 e. The van der Waals surface area contributed by atoms with Gasteiger partial charge in [0.2, 0.25) is 5.91 Å². The Morgan fingerprint density at radius 3 is 2.38 bits per heavy atom. The van der Waals surface area contributed by atoms with Crippen LogP contribution in [-0.2, 0) is 4.79 Å². The minimum atomic E-state index is 0. The van der Waals surface area contributed by atoms with Crippen LogP contribution in [0.1, 0.15) is 46.5 Å². The van der Waals surface area contributed by atoms with Crippen molar-refractivity contribution in [1.29, 1.82) is 0 Å². The molecule has 0 radical (unpaired) electrons. The Hall–Kier alpha value is -0.0300. The van der Waals surface area contributed by atoms with E-state index in [-0.39, 0.29) is 42.2 Å². The van der Waals surface area contributed by atoms with Gasteiger partial charge >= 0.3 is 0 Å². The first-order valence-corrected chi connectivity index (χ1v) is 7.46. The van der Waals surface area contributed by atoms with Crippen molar-refractivity contribution in [3.63, 3.8) is 0 Å². The maximum absolute atomic E-state index is 12.1. The van der Waals surface area contributed by atoms with Gasteiger partial charge in [0.15, 0.2) is 0 Å². The highest BCUT2D eigenvalue weighted by Gasteiger charge is 2.27. The molecule has 0 spiro atoms. The van der Waals surface area contributed by atoms with Crippen LogP contribution in [0, 0.1) is 5.41 Å². The zero-order valence-corrected chi connectivity index (χ0v) is 15.7. The molecule has 2 unspecified atom stereocenters. The fourth-order valence-electron chi connectivity index (χ4n) is 2.52. The third-order valence-electron chi connectivity index (χ3n) is 3.84. The highest BCUT2D eigenvalue weighted by atomic mass is 35.5. The molecule has 1 saturated heterocycles. The summed E-state index contributed by atoms with van der Waals surface area (Å²) >= 11 is 0. The second kappa shape index (κ2) is 10.7. The molecule has 1 rings (SSSR count). The van der Waals surface area contributed by atoms with Crippen LogP contribution >= 0.6 is 24.8 Å². The Bertz CT molecular complexity index is 287. The summed E-state index contributed by atoms with van der Waals surface area (Å²) in [6.45, 7) is 8.65. The second-order valence-electron chi connectivity index (χ2n) is 7.08. The van der Waals surface area contributed by atoms with Crippen LogP contribution in [0.4, 0.5) is 0 Å². The predicted octanol–water partition coefficient (Wildman–Crippen LogP) is 2.45. The fraction of sp³-hybridized carbons (Fsp3) is 0.933. The Kier molecular flexibility index (Phi) is 11.8. The maximum atomic E-state index is 12.1. The highest BCUT2D eigenvalue weighted by Crippen LogP contribution is 2.22. The second-order valence-corrected chi connectivity index (χ2v) is 7.08. The van der Waals surface area contributed by atoms with Crippen LogP contribution in [0.3, 0.4) is 0 Å². The standard InChI is InChI=1S/C15H31N3O.2ClH/c1-15(2,3)13(8-10-18(4)5)17-14(19)11-12-7-6-9-16-12;;/h12-13,16H,6-11H2,1-5H3,(H,17,19);2*1H. The molecule has 4 nitrogen and oxygen atoms in total. The number of carbonyl (C=O) groups is 1. The first-order chi connectivity index (χ1) is 8.79. The van der Waals surface area contributed by atoms with Gasteiger partial charge in [-0.25, -0.2) is 0 Å². The van der Waals surface area contributed by atoms with Crippen LogP contribution in [0.2, 0.25) is 0 Å². The van der Waals surface area contributed by atoms with Crippen molar-refractivity contribution in [2.24, 2.45) is 5.41 Å². The van der Waals surface area contributed by atoms with Crippen LogP contribution in [-0.4, -0.2) is 50.1 Å². The molecule has 0 aromatic carbocycles. The van der Waals surface area contributed by atoms with E-state index in [4.69, 9.17) is 0 Å². The predicted molar refractivity (Wildman–Crippen MR) is 94.7 cm³/mol. The third kappa shape index (κ3) is 9.56. The summed E-state index contributed by atoms with van der Waals surface area (Å²) in [6.07, 6.45) is 3.95. The van der Waals surface area contributed by atoms with E-state index in [1.165, 1.54) is 6.42 Å². The summed E-state index contributed by atoms with van der Waals surface area (Å²) in [4.78, 5) is 14.3. The van der Waals surface area contributed by atoms with Crippen LogP contribution in [0.15, 0.2) is 0 Å². The number of amides is 1. The average molecular weight is 342 g/mol. The summed E-state index contributed by atoms with van der Waals surface area (Å²) in [7, 11) is 4.15. The van der Waals surface area contributed by atoms with Crippen molar-refractivity contribution in [2.75, 3.05) is 27.2 Å². The molecule has 1 fully saturated rings. The molecule has 0 bridgehead atoms. The molecule has 0 aromatic heterocycles. The molecular weight excluding hydrogens is 309 g/mol. The van der Waals surface area contributed by atoms with Crippen molar-refractivity contribution in [1.82, 2.24) is 15.5 Å².